The van der Waals surface area contributed by atoms with Crippen LogP contribution in [-0.4, -0.2) is 41.7 Å². The van der Waals surface area contributed by atoms with Crippen molar-refractivity contribution < 1.29 is 0 Å². The molecule has 6 aromatic rings. The predicted molar refractivity (Wildman–Crippen MR) is 149 cm³/mol. The number of nitrogens with zero attached hydrogens (tertiary/aromatic N) is 5. The largest absolute Gasteiger partial charge is 0.335 e. The summed E-state index contributed by atoms with van der Waals surface area (Å²) in [7, 11) is 0. The third-order valence-electron chi connectivity index (χ3n) is 7.49. The van der Waals surface area contributed by atoms with Gasteiger partial charge in [-0.15, -0.1) is 0 Å². The number of nitrogens with one attached hydrogen (secondary N) is 3. The van der Waals surface area contributed by atoms with Gasteiger partial charge in [-0.05, 0) is 66.8 Å². The van der Waals surface area contributed by atoms with E-state index in [0.29, 0.717) is 5.82 Å². The van der Waals surface area contributed by atoms with Crippen LogP contribution in [0, 0.1) is 5.92 Å². The molecule has 0 amide bonds. The van der Waals surface area contributed by atoms with E-state index in [0.717, 1.165) is 69.0 Å². The zero-order valence-electron chi connectivity index (χ0n) is 21.0. The Morgan fingerprint density at radius 3 is 2.71 bits per heavy atom. The fourth-order valence-corrected chi connectivity index (χ4v) is 5.51. The molecule has 5 aromatic heterocycles. The summed E-state index contributed by atoms with van der Waals surface area (Å²) in [6.45, 7) is 1.92. The van der Waals surface area contributed by atoms with Gasteiger partial charge >= 0.3 is 0 Å². The van der Waals surface area contributed by atoms with Gasteiger partial charge in [0.05, 0.1) is 22.9 Å². The maximum atomic E-state index is 4.93. The highest BCUT2D eigenvalue weighted by Gasteiger charge is 2.17. The fraction of sp³-hybridized carbons (Fsp3) is 0.233. The minimum Gasteiger partial charge on any atom is -0.335 e. The molecule has 8 nitrogen and oxygen atoms in total. The zero-order chi connectivity index (χ0) is 25.3. The summed E-state index contributed by atoms with van der Waals surface area (Å²) in [5.41, 5.74) is 8.49. The second-order valence-corrected chi connectivity index (χ2v) is 10.1. The molecule has 188 valence electrons. The third-order valence-corrected chi connectivity index (χ3v) is 7.49. The smallest absolute Gasteiger partial charge is 0.159 e. The molecule has 0 spiro atoms. The van der Waals surface area contributed by atoms with Crippen molar-refractivity contribution in [2.75, 3.05) is 6.54 Å². The standard InChI is InChI=1S/C30H28N8/c1-2-6-19(5-1)13-31-14-20-11-22(16-32-15-20)21-8-9-26-23(12-21)29(38-37-26)30-35-27-18-33-17-24(28(27)36-30)25-7-3-4-10-34-25/h3-4,7-12,15-19,31H,1-2,5-6,13-14H2,(H,35,36)(H,37,38). The Bertz CT molecular complexity index is 1710. The number of imidazole rings is 1. The first-order chi connectivity index (χ1) is 18.8. The molecule has 7 rings (SSSR count). The Hall–Kier alpha value is -4.43. The predicted octanol–water partition coefficient (Wildman–Crippen LogP) is 5.91. The maximum absolute atomic E-state index is 4.93. The van der Waals surface area contributed by atoms with Gasteiger partial charge in [0, 0.05) is 47.8 Å². The molecular weight excluding hydrogens is 472 g/mol. The van der Waals surface area contributed by atoms with Crippen LogP contribution in [0.2, 0.25) is 0 Å². The number of hydrogen-bond acceptors (Lipinski definition) is 6. The van der Waals surface area contributed by atoms with Gasteiger partial charge in [-0.25, -0.2) is 4.98 Å². The molecular formula is C30H28N8. The van der Waals surface area contributed by atoms with Crippen molar-refractivity contribution in [1.82, 2.24) is 40.4 Å². The van der Waals surface area contributed by atoms with Crippen LogP contribution in [0.5, 0.6) is 0 Å². The lowest BCUT2D eigenvalue weighted by Gasteiger charge is -2.11. The molecule has 1 saturated carbocycles. The van der Waals surface area contributed by atoms with Crippen LogP contribution in [0.3, 0.4) is 0 Å². The normalized spacial score (nSPS) is 14.1. The van der Waals surface area contributed by atoms with Crippen LogP contribution in [0.4, 0.5) is 0 Å². The van der Waals surface area contributed by atoms with E-state index in [2.05, 4.69) is 59.7 Å². The fourth-order valence-electron chi connectivity index (χ4n) is 5.51. The van der Waals surface area contributed by atoms with Gasteiger partial charge in [0.1, 0.15) is 11.2 Å². The molecule has 0 aliphatic heterocycles. The molecule has 5 heterocycles. The van der Waals surface area contributed by atoms with E-state index in [-0.39, 0.29) is 0 Å². The first kappa shape index (κ1) is 22.7. The van der Waals surface area contributed by atoms with E-state index >= 15 is 0 Å². The highest BCUT2D eigenvalue weighted by Crippen LogP contribution is 2.32. The average Bonchev–Trinajstić information content (AvgIpc) is 3.73. The molecule has 0 bridgehead atoms. The van der Waals surface area contributed by atoms with Gasteiger partial charge in [-0.1, -0.05) is 25.0 Å². The maximum Gasteiger partial charge on any atom is 0.159 e. The van der Waals surface area contributed by atoms with Crippen molar-refractivity contribution in [3.05, 3.63) is 79.0 Å². The van der Waals surface area contributed by atoms with E-state index in [1.54, 1.807) is 18.6 Å². The Morgan fingerprint density at radius 1 is 0.895 bits per heavy atom. The molecule has 0 unspecified atom stereocenters. The second-order valence-electron chi connectivity index (χ2n) is 10.1. The molecule has 1 aliphatic carbocycles. The van der Waals surface area contributed by atoms with Crippen molar-refractivity contribution >= 4 is 21.9 Å². The third kappa shape index (κ3) is 4.33. The summed E-state index contributed by atoms with van der Waals surface area (Å²) in [6.07, 6.45) is 14.7. The number of aromatic nitrogens is 7. The molecule has 38 heavy (non-hydrogen) atoms. The van der Waals surface area contributed by atoms with Gasteiger partial charge in [-0.3, -0.25) is 20.1 Å². The van der Waals surface area contributed by atoms with Crippen molar-refractivity contribution in [2.24, 2.45) is 5.92 Å². The first-order valence-electron chi connectivity index (χ1n) is 13.2. The number of H-pyrrole nitrogens is 2. The van der Waals surface area contributed by atoms with Crippen molar-refractivity contribution in [3.63, 3.8) is 0 Å². The minimum atomic E-state index is 0.691. The lowest BCUT2D eigenvalue weighted by atomic mass is 10.0. The number of fused-ring (bicyclic) bond motifs is 2. The molecule has 0 saturated heterocycles. The second kappa shape index (κ2) is 9.79. The summed E-state index contributed by atoms with van der Waals surface area (Å²) >= 11 is 0. The average molecular weight is 501 g/mol. The van der Waals surface area contributed by atoms with Gasteiger partial charge in [-0.2, -0.15) is 5.10 Å². The summed E-state index contributed by atoms with van der Waals surface area (Å²) in [4.78, 5) is 21.8. The quantitative estimate of drug-likeness (QED) is 0.252. The molecule has 1 aliphatic rings. The van der Waals surface area contributed by atoms with Crippen LogP contribution in [0.15, 0.2) is 73.4 Å². The highest BCUT2D eigenvalue weighted by atomic mass is 15.1. The Morgan fingerprint density at radius 2 is 1.82 bits per heavy atom. The number of benzene rings is 1. The van der Waals surface area contributed by atoms with Crippen LogP contribution in [0.25, 0.3) is 55.8 Å². The van der Waals surface area contributed by atoms with Crippen LogP contribution in [-0.2, 0) is 6.54 Å². The van der Waals surface area contributed by atoms with E-state index in [1.807, 2.05) is 30.6 Å². The van der Waals surface area contributed by atoms with Crippen molar-refractivity contribution in [1.29, 1.82) is 0 Å². The molecule has 0 radical (unpaired) electrons. The van der Waals surface area contributed by atoms with Crippen molar-refractivity contribution in [3.8, 4) is 33.9 Å². The number of aromatic amines is 2. The highest BCUT2D eigenvalue weighted by molar-refractivity contribution is 5.97. The number of hydrogen-bond donors (Lipinski definition) is 3. The van der Waals surface area contributed by atoms with E-state index in [1.165, 1.54) is 31.2 Å². The van der Waals surface area contributed by atoms with Crippen molar-refractivity contribution in [2.45, 2.75) is 32.2 Å². The minimum absolute atomic E-state index is 0.691. The van der Waals surface area contributed by atoms with Gasteiger partial charge < -0.3 is 10.3 Å². The summed E-state index contributed by atoms with van der Waals surface area (Å²) in [5, 5.41) is 12.4. The van der Waals surface area contributed by atoms with Gasteiger partial charge in [0.25, 0.3) is 0 Å². The Labute approximate surface area is 220 Å². The number of pyridine rings is 3. The molecule has 0 atom stereocenters. The number of rotatable bonds is 7. The lowest BCUT2D eigenvalue weighted by molar-refractivity contribution is 0.489. The molecule has 8 heteroatoms. The summed E-state index contributed by atoms with van der Waals surface area (Å²) in [5.74, 6) is 1.51. The monoisotopic (exact) mass is 500 g/mol. The molecule has 1 aromatic carbocycles. The zero-order valence-corrected chi connectivity index (χ0v) is 21.0. The Kier molecular flexibility index (Phi) is 5.86. The topological polar surface area (TPSA) is 108 Å². The summed E-state index contributed by atoms with van der Waals surface area (Å²) in [6, 6.07) is 14.4. The Balaban J connectivity index is 1.20. The van der Waals surface area contributed by atoms with Crippen LogP contribution < -0.4 is 5.32 Å². The van der Waals surface area contributed by atoms with Crippen LogP contribution in [0.1, 0.15) is 31.2 Å². The molecule has 3 N–H and O–H groups in total. The van der Waals surface area contributed by atoms with Crippen LogP contribution >= 0.6 is 0 Å². The van der Waals surface area contributed by atoms with Gasteiger partial charge in [0.15, 0.2) is 5.82 Å². The van der Waals surface area contributed by atoms with E-state index in [4.69, 9.17) is 4.98 Å². The van der Waals surface area contributed by atoms with E-state index < -0.39 is 0 Å². The summed E-state index contributed by atoms with van der Waals surface area (Å²) < 4.78 is 0. The SMILES string of the molecule is c1ccc(-c2cncc3[nH]c(-c4n[nH]c5ccc(-c6cncc(CNCC7CCCC7)c6)cc45)nc23)nc1. The van der Waals surface area contributed by atoms with Gasteiger partial charge in [0.2, 0.25) is 0 Å². The van der Waals surface area contributed by atoms with E-state index in [9.17, 15) is 0 Å². The lowest BCUT2D eigenvalue weighted by Crippen LogP contribution is -2.20. The molecule has 1 fully saturated rings. The first-order valence-corrected chi connectivity index (χ1v) is 13.2.